The Morgan fingerprint density at radius 3 is 2.54 bits per heavy atom. The van der Waals surface area contributed by atoms with E-state index in [4.69, 9.17) is 16.1 Å². The number of aromatic nitrogens is 2. The lowest BCUT2D eigenvalue weighted by atomic mass is 10.1. The highest BCUT2D eigenvalue weighted by Crippen LogP contribution is 2.19. The summed E-state index contributed by atoms with van der Waals surface area (Å²) in [6.07, 6.45) is 0.865. The molecule has 0 atom stereocenters. The highest BCUT2D eigenvalue weighted by atomic mass is 35.5. The molecule has 0 aliphatic heterocycles. The second-order valence-corrected chi connectivity index (χ2v) is 6.33. The summed E-state index contributed by atoms with van der Waals surface area (Å²) in [6.45, 7) is 0.225. The van der Waals surface area contributed by atoms with Gasteiger partial charge in [-0.05, 0) is 48.4 Å². The number of rotatable bonds is 6. The molecule has 0 aliphatic carbocycles. The second-order valence-electron chi connectivity index (χ2n) is 5.89. The summed E-state index contributed by atoms with van der Waals surface area (Å²) < 4.78 is 18.1. The van der Waals surface area contributed by atoms with Crippen LogP contribution in [0.4, 0.5) is 4.39 Å². The van der Waals surface area contributed by atoms with E-state index in [2.05, 4.69) is 10.1 Å². The van der Waals surface area contributed by atoms with Gasteiger partial charge in [0, 0.05) is 24.1 Å². The van der Waals surface area contributed by atoms with Crippen LogP contribution in [0.3, 0.4) is 0 Å². The van der Waals surface area contributed by atoms with Crippen LogP contribution in [0.1, 0.15) is 17.9 Å². The SMILES string of the molecule is CN(Cc1nc(-c2ccc(Cl)cc2)no1)C(=O)CCc1ccc(F)cc1. The van der Waals surface area contributed by atoms with Crippen molar-refractivity contribution in [2.24, 2.45) is 0 Å². The number of hydrogen-bond acceptors (Lipinski definition) is 4. The minimum atomic E-state index is -0.287. The molecule has 134 valence electrons. The Balaban J connectivity index is 1.55. The molecule has 0 radical (unpaired) electrons. The molecule has 0 unspecified atom stereocenters. The van der Waals surface area contributed by atoms with Gasteiger partial charge in [0.1, 0.15) is 5.82 Å². The standard InChI is InChI=1S/C19H17ClFN3O2/c1-24(18(25)11-4-13-2-9-16(21)10-3-13)12-17-22-19(23-26-17)14-5-7-15(20)8-6-14/h2-3,5-10H,4,11-12H2,1H3. The minimum Gasteiger partial charge on any atom is -0.337 e. The van der Waals surface area contributed by atoms with Crippen LogP contribution in [0, 0.1) is 5.82 Å². The molecule has 0 aliphatic rings. The van der Waals surface area contributed by atoms with E-state index in [-0.39, 0.29) is 18.3 Å². The number of carbonyl (C=O) groups excluding carboxylic acids is 1. The minimum absolute atomic E-state index is 0.0550. The van der Waals surface area contributed by atoms with Gasteiger partial charge < -0.3 is 9.42 Å². The number of nitrogens with zero attached hydrogens (tertiary/aromatic N) is 3. The zero-order valence-electron chi connectivity index (χ0n) is 14.2. The second kappa shape index (κ2) is 8.10. The van der Waals surface area contributed by atoms with E-state index in [0.29, 0.717) is 29.6 Å². The molecule has 0 bridgehead atoms. The van der Waals surface area contributed by atoms with Crippen LogP contribution in [-0.2, 0) is 17.8 Å². The van der Waals surface area contributed by atoms with Gasteiger partial charge >= 0.3 is 0 Å². The smallest absolute Gasteiger partial charge is 0.246 e. The van der Waals surface area contributed by atoms with Crippen LogP contribution >= 0.6 is 11.6 Å². The lowest BCUT2D eigenvalue weighted by Gasteiger charge is -2.14. The fraction of sp³-hybridized carbons (Fsp3) is 0.211. The van der Waals surface area contributed by atoms with Gasteiger partial charge in [-0.15, -0.1) is 0 Å². The maximum Gasteiger partial charge on any atom is 0.246 e. The predicted molar refractivity (Wildman–Crippen MR) is 95.9 cm³/mol. The molecule has 0 spiro atoms. The zero-order valence-corrected chi connectivity index (χ0v) is 14.9. The van der Waals surface area contributed by atoms with E-state index in [1.54, 1.807) is 43.4 Å². The van der Waals surface area contributed by atoms with E-state index < -0.39 is 0 Å². The Hall–Kier alpha value is -2.73. The summed E-state index contributed by atoms with van der Waals surface area (Å²) in [6, 6.07) is 13.2. The average Bonchev–Trinajstić information content (AvgIpc) is 3.10. The van der Waals surface area contributed by atoms with Gasteiger partial charge in [-0.3, -0.25) is 4.79 Å². The Bertz CT molecular complexity index is 879. The molecule has 26 heavy (non-hydrogen) atoms. The summed E-state index contributed by atoms with van der Waals surface area (Å²) in [5.74, 6) is 0.460. The van der Waals surface area contributed by atoms with Crippen molar-refractivity contribution >= 4 is 17.5 Å². The number of carbonyl (C=O) groups is 1. The molecule has 0 saturated carbocycles. The van der Waals surface area contributed by atoms with Crippen molar-refractivity contribution in [3.8, 4) is 11.4 Å². The Kier molecular flexibility index (Phi) is 5.63. The molecular formula is C19H17ClFN3O2. The van der Waals surface area contributed by atoms with Gasteiger partial charge in [-0.2, -0.15) is 4.98 Å². The van der Waals surface area contributed by atoms with Crippen LogP contribution in [0.2, 0.25) is 5.02 Å². The normalized spacial score (nSPS) is 10.7. The van der Waals surface area contributed by atoms with Crippen molar-refractivity contribution in [2.75, 3.05) is 7.05 Å². The van der Waals surface area contributed by atoms with Crippen molar-refractivity contribution in [3.63, 3.8) is 0 Å². The van der Waals surface area contributed by atoms with Crippen molar-refractivity contribution in [1.82, 2.24) is 15.0 Å². The van der Waals surface area contributed by atoms with E-state index >= 15 is 0 Å². The molecule has 7 heteroatoms. The van der Waals surface area contributed by atoms with E-state index in [9.17, 15) is 9.18 Å². The molecule has 2 aromatic carbocycles. The van der Waals surface area contributed by atoms with Crippen LogP contribution in [0.25, 0.3) is 11.4 Å². The van der Waals surface area contributed by atoms with Crippen LogP contribution < -0.4 is 0 Å². The molecule has 3 aromatic rings. The maximum atomic E-state index is 12.9. The number of hydrogen-bond donors (Lipinski definition) is 0. The molecule has 0 saturated heterocycles. The highest BCUT2D eigenvalue weighted by Gasteiger charge is 2.14. The van der Waals surface area contributed by atoms with Gasteiger partial charge in [0.25, 0.3) is 0 Å². The molecule has 1 heterocycles. The summed E-state index contributed by atoms with van der Waals surface area (Å²) in [7, 11) is 1.68. The quantitative estimate of drug-likeness (QED) is 0.652. The lowest BCUT2D eigenvalue weighted by Crippen LogP contribution is -2.26. The largest absolute Gasteiger partial charge is 0.337 e. The third-order valence-corrected chi connectivity index (χ3v) is 4.16. The third-order valence-electron chi connectivity index (χ3n) is 3.91. The third kappa shape index (κ3) is 4.67. The molecule has 5 nitrogen and oxygen atoms in total. The highest BCUT2D eigenvalue weighted by molar-refractivity contribution is 6.30. The van der Waals surface area contributed by atoms with Crippen LogP contribution in [0.5, 0.6) is 0 Å². The Morgan fingerprint density at radius 2 is 1.85 bits per heavy atom. The van der Waals surface area contributed by atoms with Crippen molar-refractivity contribution < 1.29 is 13.7 Å². The molecular weight excluding hydrogens is 357 g/mol. The molecule has 1 amide bonds. The van der Waals surface area contributed by atoms with Crippen molar-refractivity contribution in [1.29, 1.82) is 0 Å². The first kappa shape index (κ1) is 18.1. The number of halogens is 2. The lowest BCUT2D eigenvalue weighted by molar-refractivity contribution is -0.130. The first-order valence-corrected chi connectivity index (χ1v) is 8.46. The fourth-order valence-corrected chi connectivity index (χ4v) is 2.55. The number of benzene rings is 2. The summed E-state index contributed by atoms with van der Waals surface area (Å²) in [5, 5.41) is 4.56. The summed E-state index contributed by atoms with van der Waals surface area (Å²) >= 11 is 5.86. The predicted octanol–water partition coefficient (Wildman–Crippen LogP) is 4.12. The molecule has 0 fully saturated rings. The van der Waals surface area contributed by atoms with Crippen molar-refractivity contribution in [3.05, 3.63) is 70.8 Å². The molecule has 0 N–H and O–H groups in total. The van der Waals surface area contributed by atoms with Crippen molar-refractivity contribution in [2.45, 2.75) is 19.4 Å². The summed E-state index contributed by atoms with van der Waals surface area (Å²) in [4.78, 5) is 18.1. The summed E-state index contributed by atoms with van der Waals surface area (Å²) in [5.41, 5.74) is 1.70. The van der Waals surface area contributed by atoms with E-state index in [1.165, 1.54) is 17.0 Å². The van der Waals surface area contributed by atoms with E-state index in [0.717, 1.165) is 11.1 Å². The molecule has 1 aromatic heterocycles. The van der Waals surface area contributed by atoms with Gasteiger partial charge in [-0.1, -0.05) is 28.9 Å². The zero-order chi connectivity index (χ0) is 18.5. The topological polar surface area (TPSA) is 59.2 Å². The monoisotopic (exact) mass is 373 g/mol. The van der Waals surface area contributed by atoms with Crippen LogP contribution in [-0.4, -0.2) is 28.0 Å². The first-order chi connectivity index (χ1) is 12.5. The number of amides is 1. The van der Waals surface area contributed by atoms with Gasteiger partial charge in [-0.25, -0.2) is 4.39 Å². The van der Waals surface area contributed by atoms with E-state index in [1.807, 2.05) is 0 Å². The Morgan fingerprint density at radius 1 is 1.15 bits per heavy atom. The average molecular weight is 374 g/mol. The van der Waals surface area contributed by atoms with Gasteiger partial charge in [0.15, 0.2) is 0 Å². The maximum absolute atomic E-state index is 12.9. The first-order valence-electron chi connectivity index (χ1n) is 8.08. The van der Waals surface area contributed by atoms with Crippen LogP contribution in [0.15, 0.2) is 53.1 Å². The molecule has 3 rings (SSSR count). The fourth-order valence-electron chi connectivity index (χ4n) is 2.42. The Labute approximate surface area is 155 Å². The van der Waals surface area contributed by atoms with Gasteiger partial charge in [0.05, 0.1) is 6.54 Å². The van der Waals surface area contributed by atoms with Gasteiger partial charge in [0.2, 0.25) is 17.6 Å². The number of aryl methyl sites for hydroxylation is 1.